The summed E-state index contributed by atoms with van der Waals surface area (Å²) in [7, 11) is -4.28. The second kappa shape index (κ2) is 7.59. The van der Waals surface area contributed by atoms with Crippen molar-refractivity contribution in [3.63, 3.8) is 0 Å². The van der Waals surface area contributed by atoms with Gasteiger partial charge in [-0.1, -0.05) is 6.07 Å². The lowest BCUT2D eigenvalue weighted by Crippen LogP contribution is -2.42. The number of hydrogen-bond acceptors (Lipinski definition) is 4. The molecule has 1 amide bonds. The minimum Gasteiger partial charge on any atom is -0.467 e. The first-order valence-electron chi connectivity index (χ1n) is 8.61. The number of carbonyl (C=O) groups excluding carboxylic acids is 1. The number of furan rings is 1. The van der Waals surface area contributed by atoms with Gasteiger partial charge >= 0.3 is 6.18 Å². The van der Waals surface area contributed by atoms with Gasteiger partial charge in [0.25, 0.3) is 0 Å². The number of nitrogens with zero attached hydrogens (tertiary/aromatic N) is 1. The molecule has 1 atom stereocenters. The van der Waals surface area contributed by atoms with E-state index in [1.807, 2.05) is 0 Å². The van der Waals surface area contributed by atoms with Crippen LogP contribution < -0.4 is 4.72 Å². The number of hydrogen-bond donors (Lipinski definition) is 1. The molecule has 0 saturated heterocycles. The minimum atomic E-state index is -4.66. The largest absolute Gasteiger partial charge is 0.467 e. The summed E-state index contributed by atoms with van der Waals surface area (Å²) in [6.45, 7) is 1.22. The molecular weight excluding hydrogens is 397 g/mol. The second-order valence-electron chi connectivity index (χ2n) is 6.57. The summed E-state index contributed by atoms with van der Waals surface area (Å²) >= 11 is 0. The van der Waals surface area contributed by atoms with Gasteiger partial charge in [-0.25, -0.2) is 13.1 Å². The van der Waals surface area contributed by atoms with Crippen LogP contribution in [0.25, 0.3) is 0 Å². The number of carbonyl (C=O) groups is 1. The molecule has 152 valence electrons. The summed E-state index contributed by atoms with van der Waals surface area (Å²) in [4.78, 5) is 13.6. The van der Waals surface area contributed by atoms with Crippen LogP contribution >= 0.6 is 0 Å². The lowest BCUT2D eigenvalue weighted by Gasteiger charge is -2.28. The van der Waals surface area contributed by atoms with Gasteiger partial charge in [0.05, 0.1) is 29.3 Å². The fourth-order valence-electron chi connectivity index (χ4n) is 2.93. The highest BCUT2D eigenvalue weighted by atomic mass is 32.2. The highest BCUT2D eigenvalue weighted by molar-refractivity contribution is 7.89. The van der Waals surface area contributed by atoms with Gasteiger partial charge in [-0.2, -0.15) is 13.2 Å². The summed E-state index contributed by atoms with van der Waals surface area (Å²) in [6, 6.07) is 6.40. The molecular formula is C18H19F3N2O4S. The highest BCUT2D eigenvalue weighted by Gasteiger charge is 2.37. The molecule has 1 aromatic carbocycles. The number of amides is 1. The van der Waals surface area contributed by atoms with Crippen LogP contribution in [0.5, 0.6) is 0 Å². The molecule has 1 unspecified atom stereocenters. The predicted molar refractivity (Wildman–Crippen MR) is 93.6 cm³/mol. The SMILES string of the molecule is CC(c1ccco1)N(C(=O)CNS(=O)(=O)c1cccc(C(F)(F)F)c1)C1CC1. The molecule has 0 radical (unpaired) electrons. The Labute approximate surface area is 160 Å². The van der Waals surface area contributed by atoms with Gasteiger partial charge in [-0.15, -0.1) is 0 Å². The van der Waals surface area contributed by atoms with Crippen molar-refractivity contribution in [3.05, 3.63) is 54.0 Å². The zero-order valence-electron chi connectivity index (χ0n) is 14.9. The number of nitrogens with one attached hydrogen (secondary N) is 1. The Morgan fingerprint density at radius 2 is 2.00 bits per heavy atom. The van der Waals surface area contributed by atoms with Crippen molar-refractivity contribution < 1.29 is 30.8 Å². The third kappa shape index (κ3) is 4.56. The lowest BCUT2D eigenvalue weighted by molar-refractivity contribution is -0.137. The molecule has 1 aromatic heterocycles. The zero-order chi connectivity index (χ0) is 20.5. The molecule has 10 heteroatoms. The Morgan fingerprint density at radius 1 is 1.29 bits per heavy atom. The lowest BCUT2D eigenvalue weighted by atomic mass is 10.2. The van der Waals surface area contributed by atoms with E-state index in [1.54, 1.807) is 24.0 Å². The van der Waals surface area contributed by atoms with Crippen LogP contribution in [0.1, 0.15) is 37.1 Å². The number of halogens is 3. The second-order valence-corrected chi connectivity index (χ2v) is 8.34. The normalized spacial score (nSPS) is 16.0. The first kappa shape index (κ1) is 20.4. The predicted octanol–water partition coefficient (Wildman–Crippen LogP) is 3.33. The van der Waals surface area contributed by atoms with Gasteiger partial charge in [0, 0.05) is 6.04 Å². The van der Waals surface area contributed by atoms with Crippen molar-refractivity contribution in [2.24, 2.45) is 0 Å². The number of benzene rings is 1. The molecule has 1 heterocycles. The Balaban J connectivity index is 1.72. The van der Waals surface area contributed by atoms with Crippen LogP contribution in [0, 0.1) is 0 Å². The Kier molecular flexibility index (Phi) is 5.53. The van der Waals surface area contributed by atoms with E-state index in [2.05, 4.69) is 4.72 Å². The van der Waals surface area contributed by atoms with E-state index in [0.717, 1.165) is 31.0 Å². The monoisotopic (exact) mass is 416 g/mol. The van der Waals surface area contributed by atoms with Gasteiger partial charge in [0.1, 0.15) is 5.76 Å². The number of alkyl halides is 3. The molecule has 2 aromatic rings. The molecule has 1 fully saturated rings. The summed E-state index contributed by atoms with van der Waals surface area (Å²) in [6.07, 6.45) is -1.57. The van der Waals surface area contributed by atoms with Crippen LogP contribution in [-0.4, -0.2) is 31.8 Å². The maximum absolute atomic E-state index is 12.8. The molecule has 1 N–H and O–H groups in total. The topological polar surface area (TPSA) is 79.6 Å². The van der Waals surface area contributed by atoms with Crippen LogP contribution in [0.15, 0.2) is 52.0 Å². The smallest absolute Gasteiger partial charge is 0.416 e. The standard InChI is InChI=1S/C18H19F3N2O4S/c1-12(16-6-3-9-27-16)23(14-7-8-14)17(24)11-22-28(25,26)15-5-2-4-13(10-15)18(19,20)21/h2-6,9-10,12,14,22H,7-8,11H2,1H3. The maximum atomic E-state index is 12.8. The van der Waals surface area contributed by atoms with Gasteiger partial charge in [0.2, 0.25) is 15.9 Å². The first-order valence-corrected chi connectivity index (χ1v) is 10.1. The first-order chi connectivity index (χ1) is 13.1. The molecule has 1 saturated carbocycles. The van der Waals surface area contributed by atoms with E-state index in [1.165, 1.54) is 6.26 Å². The summed E-state index contributed by atoms with van der Waals surface area (Å²) in [5, 5.41) is 0. The molecule has 3 rings (SSSR count). The van der Waals surface area contributed by atoms with Gasteiger partial charge in [-0.3, -0.25) is 4.79 Å². The molecule has 1 aliphatic rings. The Hall–Kier alpha value is -2.33. The average molecular weight is 416 g/mol. The molecule has 1 aliphatic carbocycles. The van der Waals surface area contributed by atoms with Crippen molar-refractivity contribution >= 4 is 15.9 Å². The third-order valence-electron chi connectivity index (χ3n) is 4.49. The Morgan fingerprint density at radius 3 is 2.57 bits per heavy atom. The van der Waals surface area contributed by atoms with E-state index < -0.39 is 39.1 Å². The van der Waals surface area contributed by atoms with E-state index >= 15 is 0 Å². The van der Waals surface area contributed by atoms with Crippen molar-refractivity contribution in [3.8, 4) is 0 Å². The molecule has 6 nitrogen and oxygen atoms in total. The van der Waals surface area contributed by atoms with Crippen molar-refractivity contribution in [1.29, 1.82) is 0 Å². The van der Waals surface area contributed by atoms with Crippen molar-refractivity contribution in [1.82, 2.24) is 9.62 Å². The fraction of sp³-hybridized carbons (Fsp3) is 0.389. The third-order valence-corrected chi connectivity index (χ3v) is 5.88. The van der Waals surface area contributed by atoms with Crippen LogP contribution in [-0.2, 0) is 21.0 Å². The Bertz CT molecular complexity index is 938. The fourth-order valence-corrected chi connectivity index (χ4v) is 3.95. The van der Waals surface area contributed by atoms with Crippen LogP contribution in [0.2, 0.25) is 0 Å². The van der Waals surface area contributed by atoms with Crippen molar-refractivity contribution in [2.45, 2.75) is 42.9 Å². The number of rotatable bonds is 7. The van der Waals surface area contributed by atoms with E-state index in [-0.39, 0.29) is 12.1 Å². The van der Waals surface area contributed by atoms with Gasteiger partial charge < -0.3 is 9.32 Å². The average Bonchev–Trinajstić information content (AvgIpc) is 3.31. The summed E-state index contributed by atoms with van der Waals surface area (Å²) in [5.74, 6) is 0.0999. The highest BCUT2D eigenvalue weighted by Crippen LogP contribution is 2.34. The van der Waals surface area contributed by atoms with Gasteiger partial charge in [-0.05, 0) is 50.1 Å². The molecule has 0 spiro atoms. The molecule has 0 bridgehead atoms. The van der Waals surface area contributed by atoms with Gasteiger partial charge in [0.15, 0.2) is 0 Å². The summed E-state index contributed by atoms with van der Waals surface area (Å²) in [5.41, 5.74) is -1.08. The number of sulfonamides is 1. The van der Waals surface area contributed by atoms with Crippen LogP contribution in [0.4, 0.5) is 13.2 Å². The molecule has 28 heavy (non-hydrogen) atoms. The quantitative estimate of drug-likeness (QED) is 0.751. The summed E-state index contributed by atoms with van der Waals surface area (Å²) < 4.78 is 70.6. The van der Waals surface area contributed by atoms with E-state index in [0.29, 0.717) is 11.8 Å². The zero-order valence-corrected chi connectivity index (χ0v) is 15.8. The van der Waals surface area contributed by atoms with E-state index in [9.17, 15) is 26.4 Å². The van der Waals surface area contributed by atoms with E-state index in [4.69, 9.17) is 4.42 Å². The van der Waals surface area contributed by atoms with Crippen molar-refractivity contribution in [2.75, 3.05) is 6.54 Å². The maximum Gasteiger partial charge on any atom is 0.416 e. The van der Waals surface area contributed by atoms with Crippen LogP contribution in [0.3, 0.4) is 0 Å². The molecule has 0 aliphatic heterocycles. The minimum absolute atomic E-state index is 0.00865.